The van der Waals surface area contributed by atoms with Gasteiger partial charge in [0.25, 0.3) is 0 Å². The third-order valence-corrected chi connectivity index (χ3v) is 5.17. The normalized spacial score (nSPS) is 14.7. The zero-order valence-electron chi connectivity index (χ0n) is 13.7. The highest BCUT2D eigenvalue weighted by molar-refractivity contribution is 7.15. The van der Waals surface area contributed by atoms with Crippen LogP contribution < -0.4 is 15.8 Å². The number of halogens is 1. The molecule has 5 rings (SSSR count). The molecule has 0 unspecified atom stereocenters. The molecule has 1 N–H and O–H groups in total. The van der Waals surface area contributed by atoms with E-state index in [2.05, 4.69) is 20.2 Å². The summed E-state index contributed by atoms with van der Waals surface area (Å²) in [5.74, 6) is 0.840. The van der Waals surface area contributed by atoms with Crippen LogP contribution in [0.2, 0.25) is 0 Å². The van der Waals surface area contributed by atoms with E-state index in [1.807, 2.05) is 40.4 Å². The zero-order chi connectivity index (χ0) is 16.8. The minimum absolute atomic E-state index is 0. The zero-order valence-corrected chi connectivity index (χ0v) is 15.3. The number of fused-ring (bicyclic) bond motifs is 2. The number of thiazole rings is 1. The number of rotatable bonds is 2. The van der Waals surface area contributed by atoms with Crippen molar-refractivity contribution in [2.75, 3.05) is 31.1 Å². The van der Waals surface area contributed by atoms with Crippen molar-refractivity contribution in [3.63, 3.8) is 0 Å². The molecule has 0 saturated carbocycles. The lowest BCUT2D eigenvalue weighted by Gasteiger charge is -2.28. The lowest BCUT2D eigenvalue weighted by molar-refractivity contribution is 0.547. The predicted molar refractivity (Wildman–Crippen MR) is 105 cm³/mol. The molecule has 4 aromatic rings. The van der Waals surface area contributed by atoms with Gasteiger partial charge in [-0.15, -0.1) is 23.7 Å². The summed E-state index contributed by atoms with van der Waals surface area (Å²) in [5, 5.41) is 6.07. The number of hydrogen-bond acceptors (Lipinski definition) is 7. The van der Waals surface area contributed by atoms with E-state index in [-0.39, 0.29) is 12.4 Å². The van der Waals surface area contributed by atoms with Gasteiger partial charge in [0, 0.05) is 49.3 Å². The van der Waals surface area contributed by atoms with Crippen LogP contribution in [0.1, 0.15) is 0 Å². The molecule has 26 heavy (non-hydrogen) atoms. The Kier molecular flexibility index (Phi) is 4.39. The lowest BCUT2D eigenvalue weighted by Crippen LogP contribution is -2.43. The second kappa shape index (κ2) is 6.71. The standard InChI is InChI=1S/C17H15N5O2S.ClH/c23-16-12(13-10-22-7-8-25-17(22)19-13)9-11-1-2-14(20-15(11)24-16)21-5-3-18-4-6-21;/h1-2,7-10,18H,3-6H2;1H. The maximum Gasteiger partial charge on any atom is 0.347 e. The number of piperazine rings is 1. The Balaban J connectivity index is 0.00000168. The molecule has 4 aromatic heterocycles. The molecule has 1 saturated heterocycles. The van der Waals surface area contributed by atoms with Crippen LogP contribution in [-0.2, 0) is 0 Å². The molecule has 134 valence electrons. The van der Waals surface area contributed by atoms with Gasteiger partial charge in [0.1, 0.15) is 5.82 Å². The van der Waals surface area contributed by atoms with Crippen LogP contribution in [0.25, 0.3) is 27.3 Å². The molecule has 0 aliphatic carbocycles. The highest BCUT2D eigenvalue weighted by atomic mass is 35.5. The van der Waals surface area contributed by atoms with Crippen molar-refractivity contribution < 1.29 is 4.42 Å². The number of aromatic nitrogens is 3. The van der Waals surface area contributed by atoms with E-state index in [1.165, 1.54) is 11.3 Å². The number of imidazole rings is 1. The second-order valence-corrected chi connectivity index (χ2v) is 6.84. The molecule has 7 nitrogen and oxygen atoms in total. The second-order valence-electron chi connectivity index (χ2n) is 5.97. The number of nitrogens with one attached hydrogen (secondary N) is 1. The maximum atomic E-state index is 12.4. The minimum Gasteiger partial charge on any atom is -0.403 e. The van der Waals surface area contributed by atoms with Crippen LogP contribution in [0.4, 0.5) is 5.82 Å². The summed E-state index contributed by atoms with van der Waals surface area (Å²) in [4.78, 5) is 24.5. The molecular weight excluding hydrogens is 374 g/mol. The van der Waals surface area contributed by atoms with E-state index < -0.39 is 5.63 Å². The average Bonchev–Trinajstić information content (AvgIpc) is 3.23. The fraction of sp³-hybridized carbons (Fsp3) is 0.235. The van der Waals surface area contributed by atoms with E-state index in [1.54, 1.807) is 0 Å². The van der Waals surface area contributed by atoms with Gasteiger partial charge in [-0.2, -0.15) is 4.98 Å². The average molecular weight is 390 g/mol. The van der Waals surface area contributed by atoms with Gasteiger partial charge in [0.05, 0.1) is 11.3 Å². The van der Waals surface area contributed by atoms with Crippen LogP contribution in [0.15, 0.2) is 45.2 Å². The third-order valence-electron chi connectivity index (χ3n) is 4.39. The van der Waals surface area contributed by atoms with Crippen molar-refractivity contribution in [2.45, 2.75) is 0 Å². The summed E-state index contributed by atoms with van der Waals surface area (Å²) < 4.78 is 7.39. The molecule has 0 amide bonds. The predicted octanol–water partition coefficient (Wildman–Crippen LogP) is 2.40. The first kappa shape index (κ1) is 17.0. The third kappa shape index (κ3) is 2.86. The Morgan fingerprint density at radius 1 is 1.19 bits per heavy atom. The van der Waals surface area contributed by atoms with E-state index in [0.717, 1.165) is 42.3 Å². The van der Waals surface area contributed by atoms with Crippen molar-refractivity contribution in [2.24, 2.45) is 0 Å². The summed E-state index contributed by atoms with van der Waals surface area (Å²) in [6, 6.07) is 5.73. The van der Waals surface area contributed by atoms with Crippen molar-refractivity contribution in [1.29, 1.82) is 0 Å². The van der Waals surface area contributed by atoms with E-state index in [4.69, 9.17) is 4.42 Å². The Morgan fingerprint density at radius 3 is 2.85 bits per heavy atom. The molecule has 0 bridgehead atoms. The molecule has 1 fully saturated rings. The largest absolute Gasteiger partial charge is 0.403 e. The first-order valence-electron chi connectivity index (χ1n) is 8.11. The maximum absolute atomic E-state index is 12.4. The van der Waals surface area contributed by atoms with E-state index in [9.17, 15) is 4.79 Å². The van der Waals surface area contributed by atoms with Gasteiger partial charge in [0.2, 0.25) is 5.71 Å². The Bertz CT molecular complexity index is 1100. The molecular formula is C17H16ClN5O2S. The Labute approximate surface area is 158 Å². The smallest absolute Gasteiger partial charge is 0.347 e. The van der Waals surface area contributed by atoms with Gasteiger partial charge >= 0.3 is 5.63 Å². The van der Waals surface area contributed by atoms with Crippen LogP contribution in [0.3, 0.4) is 0 Å². The van der Waals surface area contributed by atoms with Crippen molar-refractivity contribution >= 4 is 45.6 Å². The minimum atomic E-state index is -0.414. The van der Waals surface area contributed by atoms with Crippen LogP contribution in [0, 0.1) is 0 Å². The highest BCUT2D eigenvalue weighted by Crippen LogP contribution is 2.23. The van der Waals surface area contributed by atoms with Crippen LogP contribution in [-0.4, -0.2) is 40.5 Å². The number of hydrogen-bond donors (Lipinski definition) is 1. The molecule has 5 heterocycles. The molecule has 1 aliphatic rings. The number of nitrogens with zero attached hydrogens (tertiary/aromatic N) is 4. The Hall–Kier alpha value is -2.42. The SMILES string of the molecule is Cl.O=c1oc2nc(N3CCNCC3)ccc2cc1-c1cn2ccsc2n1. The topological polar surface area (TPSA) is 75.7 Å². The summed E-state index contributed by atoms with van der Waals surface area (Å²) in [6.45, 7) is 3.65. The van der Waals surface area contributed by atoms with Crippen molar-refractivity contribution in [3.05, 3.63) is 46.4 Å². The van der Waals surface area contributed by atoms with Crippen molar-refractivity contribution in [1.82, 2.24) is 19.7 Å². The lowest BCUT2D eigenvalue weighted by atomic mass is 10.2. The summed E-state index contributed by atoms with van der Waals surface area (Å²) >= 11 is 1.53. The summed E-state index contributed by atoms with van der Waals surface area (Å²) in [7, 11) is 0. The van der Waals surface area contributed by atoms with Crippen LogP contribution in [0.5, 0.6) is 0 Å². The van der Waals surface area contributed by atoms with Gasteiger partial charge in [-0.25, -0.2) is 9.78 Å². The van der Waals surface area contributed by atoms with E-state index in [0.29, 0.717) is 17.0 Å². The van der Waals surface area contributed by atoms with Gasteiger partial charge in [-0.3, -0.25) is 4.40 Å². The molecule has 0 aromatic carbocycles. The molecule has 0 radical (unpaired) electrons. The quantitative estimate of drug-likeness (QED) is 0.567. The van der Waals surface area contributed by atoms with Gasteiger partial charge < -0.3 is 14.6 Å². The first-order valence-corrected chi connectivity index (χ1v) is 8.99. The molecule has 9 heteroatoms. The van der Waals surface area contributed by atoms with Crippen molar-refractivity contribution in [3.8, 4) is 11.3 Å². The van der Waals surface area contributed by atoms with E-state index >= 15 is 0 Å². The highest BCUT2D eigenvalue weighted by Gasteiger charge is 2.15. The number of pyridine rings is 1. The Morgan fingerprint density at radius 2 is 2.04 bits per heavy atom. The fourth-order valence-electron chi connectivity index (χ4n) is 3.10. The monoisotopic (exact) mass is 389 g/mol. The first-order chi connectivity index (χ1) is 12.3. The van der Waals surface area contributed by atoms with Gasteiger partial charge in [0.15, 0.2) is 4.96 Å². The number of anilines is 1. The molecule has 0 spiro atoms. The van der Waals surface area contributed by atoms with Gasteiger partial charge in [-0.05, 0) is 18.2 Å². The molecule has 0 atom stereocenters. The summed E-state index contributed by atoms with van der Waals surface area (Å²) in [6.07, 6.45) is 3.76. The van der Waals surface area contributed by atoms with Gasteiger partial charge in [-0.1, -0.05) is 0 Å². The fourth-order valence-corrected chi connectivity index (χ4v) is 3.80. The summed E-state index contributed by atoms with van der Waals surface area (Å²) in [5.41, 5.74) is 1.03. The van der Waals surface area contributed by atoms with Crippen LogP contribution >= 0.6 is 23.7 Å². The molecule has 1 aliphatic heterocycles.